The Hall–Kier alpha value is -1.09. The van der Waals surface area contributed by atoms with Gasteiger partial charge in [-0.2, -0.15) is 0 Å². The second-order valence-corrected chi connectivity index (χ2v) is 11.3. The van der Waals surface area contributed by atoms with Crippen molar-refractivity contribution >= 4 is 5.97 Å². The summed E-state index contributed by atoms with van der Waals surface area (Å²) in [5, 5.41) is 9.68. The molecule has 0 spiro atoms. The minimum absolute atomic E-state index is 0.0935. The van der Waals surface area contributed by atoms with Crippen LogP contribution in [0.15, 0.2) is 23.8 Å². The van der Waals surface area contributed by atoms with Crippen molar-refractivity contribution in [1.29, 1.82) is 0 Å². The van der Waals surface area contributed by atoms with Gasteiger partial charge in [0.2, 0.25) is 0 Å². The standard InChI is InChI=1S/C25H38O3/c1-16-7-8-21-24(4,18(16)14-19-17(15-26)13-22(27)28-19)12-9-20-23(2,3)10-6-11-25(20,21)5/h13,18-21,26H,1,6-12,14-15H2,2-5H3/t18-,19-,20+,21-,24-,25+/m1/s1. The Bertz CT molecular complexity index is 705. The van der Waals surface area contributed by atoms with Gasteiger partial charge in [0.1, 0.15) is 6.10 Å². The van der Waals surface area contributed by atoms with Crippen LogP contribution in [0.1, 0.15) is 79.1 Å². The zero-order valence-electron chi connectivity index (χ0n) is 18.2. The molecule has 3 fully saturated rings. The molecule has 4 rings (SSSR count). The van der Waals surface area contributed by atoms with E-state index in [9.17, 15) is 9.90 Å². The third-order valence-corrected chi connectivity index (χ3v) is 9.49. The van der Waals surface area contributed by atoms with Crippen LogP contribution in [-0.4, -0.2) is 23.8 Å². The van der Waals surface area contributed by atoms with Gasteiger partial charge in [-0.25, -0.2) is 4.79 Å². The molecule has 3 nitrogen and oxygen atoms in total. The smallest absolute Gasteiger partial charge is 0.331 e. The van der Waals surface area contributed by atoms with Crippen molar-refractivity contribution in [3.63, 3.8) is 0 Å². The molecule has 4 aliphatic rings. The monoisotopic (exact) mass is 386 g/mol. The van der Waals surface area contributed by atoms with E-state index in [-0.39, 0.29) is 24.1 Å². The van der Waals surface area contributed by atoms with Gasteiger partial charge >= 0.3 is 5.97 Å². The molecule has 0 aromatic carbocycles. The summed E-state index contributed by atoms with van der Waals surface area (Å²) < 4.78 is 5.57. The first-order chi connectivity index (χ1) is 13.1. The highest BCUT2D eigenvalue weighted by Crippen LogP contribution is 2.69. The predicted octanol–water partition coefficient (Wildman–Crippen LogP) is 5.44. The first-order valence-corrected chi connectivity index (χ1v) is 11.3. The van der Waals surface area contributed by atoms with E-state index >= 15 is 0 Å². The molecule has 6 atom stereocenters. The number of fused-ring (bicyclic) bond motifs is 3. The lowest BCUT2D eigenvalue weighted by molar-refractivity contribution is -0.159. The molecule has 1 aliphatic heterocycles. The second kappa shape index (κ2) is 6.72. The quantitative estimate of drug-likeness (QED) is 0.519. The summed E-state index contributed by atoms with van der Waals surface area (Å²) in [6, 6.07) is 0. The fraction of sp³-hybridized carbons (Fsp3) is 0.800. The minimum Gasteiger partial charge on any atom is -0.455 e. The molecule has 1 N–H and O–H groups in total. The van der Waals surface area contributed by atoms with Crippen molar-refractivity contribution in [2.45, 2.75) is 85.2 Å². The third kappa shape index (κ3) is 2.91. The number of aliphatic hydroxyl groups excluding tert-OH is 1. The Morgan fingerprint density at radius 3 is 2.57 bits per heavy atom. The summed E-state index contributed by atoms with van der Waals surface area (Å²) in [7, 11) is 0. The van der Waals surface area contributed by atoms with Gasteiger partial charge in [-0.1, -0.05) is 46.3 Å². The molecule has 0 aromatic rings. The van der Waals surface area contributed by atoms with E-state index in [1.165, 1.54) is 50.2 Å². The van der Waals surface area contributed by atoms with Gasteiger partial charge in [0.25, 0.3) is 0 Å². The molecule has 3 saturated carbocycles. The fourth-order valence-electron chi connectivity index (χ4n) is 8.22. The molecule has 28 heavy (non-hydrogen) atoms. The van der Waals surface area contributed by atoms with Crippen LogP contribution in [0.25, 0.3) is 0 Å². The SMILES string of the molecule is C=C1CC[C@@H]2[C@](C)(CC[C@H]3C(C)(C)CCC[C@]23C)[C@@H]1C[C@H]1OC(=O)C=C1CO. The maximum atomic E-state index is 11.8. The summed E-state index contributed by atoms with van der Waals surface area (Å²) in [6.45, 7) is 14.4. The Morgan fingerprint density at radius 2 is 1.86 bits per heavy atom. The molecule has 0 bridgehead atoms. The molecule has 0 aromatic heterocycles. The number of cyclic esters (lactones) is 1. The topological polar surface area (TPSA) is 46.5 Å². The molecule has 0 radical (unpaired) electrons. The van der Waals surface area contributed by atoms with Crippen LogP contribution in [0.4, 0.5) is 0 Å². The predicted molar refractivity (Wildman–Crippen MR) is 112 cm³/mol. The molecule has 0 unspecified atom stereocenters. The molecular weight excluding hydrogens is 348 g/mol. The maximum Gasteiger partial charge on any atom is 0.331 e. The maximum absolute atomic E-state index is 11.8. The van der Waals surface area contributed by atoms with Gasteiger partial charge in [-0.05, 0) is 78.9 Å². The van der Waals surface area contributed by atoms with Gasteiger partial charge in [0, 0.05) is 11.6 Å². The normalized spacial score (nSPS) is 45.1. The summed E-state index contributed by atoms with van der Waals surface area (Å²) in [6.07, 6.45) is 10.9. The number of carbonyl (C=O) groups is 1. The molecule has 1 heterocycles. The van der Waals surface area contributed by atoms with Crippen molar-refractivity contribution in [1.82, 2.24) is 0 Å². The average Bonchev–Trinajstić information content (AvgIpc) is 2.96. The number of carbonyl (C=O) groups excluding carboxylic acids is 1. The molecule has 0 amide bonds. The lowest BCUT2D eigenvalue weighted by Gasteiger charge is -2.66. The van der Waals surface area contributed by atoms with Gasteiger partial charge in [0.15, 0.2) is 0 Å². The lowest BCUT2D eigenvalue weighted by atomic mass is 9.39. The molecule has 0 saturated heterocycles. The minimum atomic E-state index is -0.304. The van der Waals surface area contributed by atoms with E-state index in [2.05, 4.69) is 34.3 Å². The van der Waals surface area contributed by atoms with Crippen LogP contribution in [0.5, 0.6) is 0 Å². The zero-order chi connectivity index (χ0) is 20.3. The van der Waals surface area contributed by atoms with Crippen LogP contribution >= 0.6 is 0 Å². The van der Waals surface area contributed by atoms with Gasteiger partial charge < -0.3 is 9.84 Å². The molecule has 3 aliphatic carbocycles. The Morgan fingerprint density at radius 1 is 1.11 bits per heavy atom. The van der Waals surface area contributed by atoms with Crippen molar-refractivity contribution < 1.29 is 14.6 Å². The Balaban J connectivity index is 1.64. The summed E-state index contributed by atoms with van der Waals surface area (Å²) in [4.78, 5) is 11.8. The number of ether oxygens (including phenoxy) is 1. The number of esters is 1. The van der Waals surface area contributed by atoms with E-state index in [1.807, 2.05) is 0 Å². The number of hydrogen-bond acceptors (Lipinski definition) is 3. The first kappa shape index (κ1) is 20.2. The van der Waals surface area contributed by atoms with Crippen LogP contribution in [-0.2, 0) is 9.53 Å². The lowest BCUT2D eigenvalue weighted by Crippen LogP contribution is -2.58. The van der Waals surface area contributed by atoms with Crippen LogP contribution < -0.4 is 0 Å². The molecular formula is C25H38O3. The second-order valence-electron chi connectivity index (χ2n) is 11.3. The van der Waals surface area contributed by atoms with Gasteiger partial charge in [-0.3, -0.25) is 0 Å². The van der Waals surface area contributed by atoms with Crippen LogP contribution in [0.3, 0.4) is 0 Å². The highest BCUT2D eigenvalue weighted by atomic mass is 16.5. The number of rotatable bonds is 3. The summed E-state index contributed by atoms with van der Waals surface area (Å²) in [5.74, 6) is 1.56. The highest BCUT2D eigenvalue weighted by Gasteiger charge is 2.61. The van der Waals surface area contributed by atoms with Crippen molar-refractivity contribution in [3.8, 4) is 0 Å². The van der Waals surface area contributed by atoms with Crippen LogP contribution in [0, 0.1) is 34.0 Å². The fourth-order valence-corrected chi connectivity index (χ4v) is 8.22. The van der Waals surface area contributed by atoms with Crippen molar-refractivity contribution in [2.24, 2.45) is 34.0 Å². The van der Waals surface area contributed by atoms with E-state index in [4.69, 9.17) is 4.74 Å². The Kier molecular flexibility index (Phi) is 4.85. The van der Waals surface area contributed by atoms with E-state index < -0.39 is 0 Å². The average molecular weight is 387 g/mol. The number of allylic oxidation sites excluding steroid dienone is 1. The first-order valence-electron chi connectivity index (χ1n) is 11.3. The highest BCUT2D eigenvalue weighted by molar-refractivity contribution is 5.85. The van der Waals surface area contributed by atoms with E-state index in [1.54, 1.807) is 0 Å². The van der Waals surface area contributed by atoms with Crippen molar-refractivity contribution in [2.75, 3.05) is 6.61 Å². The van der Waals surface area contributed by atoms with Crippen LogP contribution in [0.2, 0.25) is 0 Å². The number of aliphatic hydroxyl groups is 1. The Labute approximate surface area is 170 Å². The number of hydrogen-bond donors (Lipinski definition) is 1. The third-order valence-electron chi connectivity index (χ3n) is 9.49. The summed E-state index contributed by atoms with van der Waals surface area (Å²) >= 11 is 0. The van der Waals surface area contributed by atoms with E-state index in [0.29, 0.717) is 22.7 Å². The molecule has 3 heteroatoms. The van der Waals surface area contributed by atoms with Crippen molar-refractivity contribution in [3.05, 3.63) is 23.8 Å². The largest absolute Gasteiger partial charge is 0.455 e. The molecule has 156 valence electrons. The van der Waals surface area contributed by atoms with Gasteiger partial charge in [-0.15, -0.1) is 0 Å². The summed E-state index contributed by atoms with van der Waals surface area (Å²) in [5.41, 5.74) is 3.11. The van der Waals surface area contributed by atoms with Gasteiger partial charge in [0.05, 0.1) is 6.61 Å². The van der Waals surface area contributed by atoms with E-state index in [0.717, 1.165) is 24.3 Å². The zero-order valence-corrected chi connectivity index (χ0v) is 18.2.